The molecule has 1 N–H and O–H groups in total. The Morgan fingerprint density at radius 2 is 2.25 bits per heavy atom. The summed E-state index contributed by atoms with van der Waals surface area (Å²) in [7, 11) is 5.30. The zero-order valence-electron chi connectivity index (χ0n) is 11.7. The van der Waals surface area contributed by atoms with Gasteiger partial charge in [-0.25, -0.2) is 4.98 Å². The summed E-state index contributed by atoms with van der Waals surface area (Å²) in [4.78, 5) is 9.72. The van der Waals surface area contributed by atoms with Crippen molar-refractivity contribution in [1.29, 1.82) is 5.26 Å². The molecule has 0 saturated heterocycles. The number of rotatable bonds is 4. The van der Waals surface area contributed by atoms with Gasteiger partial charge in [-0.15, -0.1) is 0 Å². The molecule has 6 nitrogen and oxygen atoms in total. The van der Waals surface area contributed by atoms with Gasteiger partial charge < -0.3 is 9.74 Å². The predicted molar refractivity (Wildman–Crippen MR) is 76.0 cm³/mol. The summed E-state index contributed by atoms with van der Waals surface area (Å²) in [5, 5.41) is 13.2. The van der Waals surface area contributed by atoms with Crippen molar-refractivity contribution in [3.63, 3.8) is 0 Å². The van der Waals surface area contributed by atoms with Crippen LogP contribution in [0, 0.1) is 11.3 Å². The van der Waals surface area contributed by atoms with E-state index in [1.54, 1.807) is 6.21 Å². The molecule has 2 heterocycles. The first-order valence-electron chi connectivity index (χ1n) is 6.05. The number of nitriles is 1. The molecule has 0 aliphatic rings. The Morgan fingerprint density at radius 1 is 1.45 bits per heavy atom. The van der Waals surface area contributed by atoms with E-state index in [4.69, 9.17) is 4.84 Å². The highest BCUT2D eigenvalue weighted by molar-refractivity contribution is 5.78. The summed E-state index contributed by atoms with van der Waals surface area (Å²) in [5.74, 6) is 0.696. The van der Waals surface area contributed by atoms with Crippen molar-refractivity contribution in [2.24, 2.45) is 5.16 Å². The second kappa shape index (κ2) is 5.89. The van der Waals surface area contributed by atoms with Crippen LogP contribution in [0.25, 0.3) is 5.82 Å². The van der Waals surface area contributed by atoms with Gasteiger partial charge >= 0.3 is 5.82 Å². The van der Waals surface area contributed by atoms with E-state index in [2.05, 4.69) is 16.2 Å². The number of anilines is 1. The number of aromatic amines is 1. The molecule has 0 saturated carbocycles. The fraction of sp³-hybridized carbons (Fsp3) is 0.214. The van der Waals surface area contributed by atoms with E-state index < -0.39 is 0 Å². The number of pyridine rings is 1. The summed E-state index contributed by atoms with van der Waals surface area (Å²) in [6.45, 7) is 0. The monoisotopic (exact) mass is 270 g/mol. The van der Waals surface area contributed by atoms with Crippen LogP contribution in [0.5, 0.6) is 0 Å². The van der Waals surface area contributed by atoms with Crippen molar-refractivity contribution in [3.8, 4) is 11.9 Å². The molecule has 0 unspecified atom stereocenters. The standard InChI is InChI=1S/C14H15N5O/c1-18(2)13-6-7-16-14(12(13)9-15)19-8-4-5-11(19)10-17-20-3/h4-8,10H,1-3H3/p+1/b17-10-. The van der Waals surface area contributed by atoms with Crippen molar-refractivity contribution in [2.75, 3.05) is 26.1 Å². The van der Waals surface area contributed by atoms with Gasteiger partial charge in [0.25, 0.3) is 0 Å². The Kier molecular flexibility index (Phi) is 4.01. The van der Waals surface area contributed by atoms with Gasteiger partial charge in [-0.2, -0.15) is 9.83 Å². The molecule has 102 valence electrons. The van der Waals surface area contributed by atoms with E-state index >= 15 is 0 Å². The molecule has 2 aromatic rings. The normalized spacial score (nSPS) is 10.5. The molecule has 0 fully saturated rings. The van der Waals surface area contributed by atoms with E-state index in [1.807, 2.05) is 54.2 Å². The molecular formula is C14H16N5O+. The lowest BCUT2D eigenvalue weighted by Gasteiger charge is -2.13. The Balaban J connectivity index is 2.59. The smallest absolute Gasteiger partial charge is 0.304 e. The molecule has 0 atom stereocenters. The summed E-state index contributed by atoms with van der Waals surface area (Å²) in [5.41, 5.74) is 2.24. The van der Waals surface area contributed by atoms with Crippen molar-refractivity contribution in [1.82, 2.24) is 4.57 Å². The van der Waals surface area contributed by atoms with Crippen molar-refractivity contribution >= 4 is 11.9 Å². The van der Waals surface area contributed by atoms with Crippen LogP contribution >= 0.6 is 0 Å². The highest BCUT2D eigenvalue weighted by Gasteiger charge is 2.20. The molecule has 0 radical (unpaired) electrons. The Hall–Kier alpha value is -2.81. The zero-order chi connectivity index (χ0) is 14.5. The first kappa shape index (κ1) is 13.6. The van der Waals surface area contributed by atoms with Gasteiger partial charge in [0.05, 0.1) is 18.1 Å². The van der Waals surface area contributed by atoms with Crippen molar-refractivity contribution in [2.45, 2.75) is 0 Å². The number of H-pyrrole nitrogens is 1. The quantitative estimate of drug-likeness (QED) is 0.619. The fourth-order valence-corrected chi connectivity index (χ4v) is 1.96. The second-order valence-corrected chi connectivity index (χ2v) is 4.31. The van der Waals surface area contributed by atoms with Gasteiger partial charge in [0, 0.05) is 20.2 Å². The molecule has 0 spiro atoms. The van der Waals surface area contributed by atoms with Crippen molar-refractivity contribution < 1.29 is 9.82 Å². The third-order valence-corrected chi connectivity index (χ3v) is 2.86. The first-order chi connectivity index (χ1) is 9.69. The summed E-state index contributed by atoms with van der Waals surface area (Å²) >= 11 is 0. The topological polar surface area (TPSA) is 67.7 Å². The minimum absolute atomic E-state index is 0.570. The largest absolute Gasteiger partial charge is 0.399 e. The molecule has 0 aromatic carbocycles. The lowest BCUT2D eigenvalue weighted by atomic mass is 10.2. The average Bonchev–Trinajstić information content (AvgIpc) is 2.92. The minimum atomic E-state index is 0.570. The average molecular weight is 270 g/mol. The summed E-state index contributed by atoms with van der Waals surface area (Å²) < 4.78 is 1.86. The number of hydrogen-bond donors (Lipinski definition) is 0. The molecule has 0 amide bonds. The third-order valence-electron chi connectivity index (χ3n) is 2.86. The Morgan fingerprint density at radius 3 is 2.90 bits per heavy atom. The molecule has 6 heteroatoms. The predicted octanol–water partition coefficient (Wildman–Crippen LogP) is 1.21. The van der Waals surface area contributed by atoms with Crippen LogP contribution in [-0.2, 0) is 4.84 Å². The molecule has 2 aromatic heterocycles. The van der Waals surface area contributed by atoms with Crippen LogP contribution < -0.4 is 9.88 Å². The maximum absolute atomic E-state index is 9.45. The maximum atomic E-state index is 9.45. The Labute approximate surface area is 117 Å². The van der Waals surface area contributed by atoms with Gasteiger partial charge in [-0.1, -0.05) is 5.16 Å². The lowest BCUT2D eigenvalue weighted by Crippen LogP contribution is -2.20. The summed E-state index contributed by atoms with van der Waals surface area (Å²) in [6, 6.07) is 7.89. The summed E-state index contributed by atoms with van der Waals surface area (Å²) in [6.07, 6.45) is 5.27. The van der Waals surface area contributed by atoms with Crippen molar-refractivity contribution in [3.05, 3.63) is 41.9 Å². The second-order valence-electron chi connectivity index (χ2n) is 4.31. The van der Waals surface area contributed by atoms with Gasteiger partial charge in [-0.05, 0) is 12.1 Å². The van der Waals surface area contributed by atoms with Crippen LogP contribution in [-0.4, -0.2) is 32.0 Å². The number of aromatic nitrogens is 2. The van der Waals surface area contributed by atoms with E-state index in [9.17, 15) is 5.26 Å². The maximum Gasteiger partial charge on any atom is 0.304 e. The zero-order valence-corrected chi connectivity index (χ0v) is 11.7. The van der Waals surface area contributed by atoms with Crippen LogP contribution in [0.4, 0.5) is 5.69 Å². The fourth-order valence-electron chi connectivity index (χ4n) is 1.96. The number of hydrogen-bond acceptors (Lipinski definition) is 4. The lowest BCUT2D eigenvalue weighted by molar-refractivity contribution is -0.373. The number of oxime groups is 1. The SMILES string of the molecule is CO/N=C\c1cccn1-c1[nH+]ccc(N(C)C)c1C#N. The molecule has 0 aliphatic carbocycles. The van der Waals surface area contributed by atoms with Gasteiger partial charge in [0.15, 0.2) is 11.3 Å². The molecular weight excluding hydrogens is 254 g/mol. The first-order valence-corrected chi connectivity index (χ1v) is 6.05. The van der Waals surface area contributed by atoms with E-state index in [0.29, 0.717) is 11.4 Å². The van der Waals surface area contributed by atoms with Crippen LogP contribution in [0.2, 0.25) is 0 Å². The minimum Gasteiger partial charge on any atom is -0.399 e. The van der Waals surface area contributed by atoms with Crippen LogP contribution in [0.15, 0.2) is 35.7 Å². The van der Waals surface area contributed by atoms with Crippen LogP contribution in [0.1, 0.15) is 11.3 Å². The number of nitrogens with zero attached hydrogens (tertiary/aromatic N) is 4. The van der Waals surface area contributed by atoms with Gasteiger partial charge in [-0.3, -0.25) is 0 Å². The highest BCUT2D eigenvalue weighted by atomic mass is 16.6. The molecule has 2 rings (SSSR count). The van der Waals surface area contributed by atoms with E-state index in [1.165, 1.54) is 7.11 Å². The van der Waals surface area contributed by atoms with Gasteiger partial charge in [0.2, 0.25) is 0 Å². The molecule has 20 heavy (non-hydrogen) atoms. The Bertz CT molecular complexity index is 666. The van der Waals surface area contributed by atoms with Crippen LogP contribution in [0.3, 0.4) is 0 Å². The molecule has 0 bridgehead atoms. The van der Waals surface area contributed by atoms with Gasteiger partial charge in [0.1, 0.15) is 19.4 Å². The van der Waals surface area contributed by atoms with E-state index in [0.717, 1.165) is 11.4 Å². The third kappa shape index (κ3) is 2.47. The number of nitrogens with one attached hydrogen (secondary N) is 1. The highest BCUT2D eigenvalue weighted by Crippen LogP contribution is 2.21. The molecule has 0 aliphatic heterocycles. The van der Waals surface area contributed by atoms with E-state index in [-0.39, 0.29) is 0 Å².